The summed E-state index contributed by atoms with van der Waals surface area (Å²) < 4.78 is 10.0. The van der Waals surface area contributed by atoms with Crippen molar-refractivity contribution in [1.29, 1.82) is 0 Å². The van der Waals surface area contributed by atoms with E-state index >= 15 is 0 Å². The van der Waals surface area contributed by atoms with Gasteiger partial charge in [0.05, 0.1) is 33.4 Å². The van der Waals surface area contributed by atoms with Crippen molar-refractivity contribution in [3.63, 3.8) is 0 Å². The molecule has 6 heterocycles. The van der Waals surface area contributed by atoms with Gasteiger partial charge in [0.1, 0.15) is 0 Å². The van der Waals surface area contributed by atoms with E-state index in [2.05, 4.69) is 161 Å². The molecule has 0 N–H and O–H groups in total. The Bertz CT molecular complexity index is 4540. The van der Waals surface area contributed by atoms with Gasteiger partial charge >= 0.3 is 0 Å². The molecule has 0 atom stereocenters. The van der Waals surface area contributed by atoms with E-state index in [0.29, 0.717) is 17.5 Å². The topological polar surface area (TPSA) is 61.4 Å². The van der Waals surface area contributed by atoms with Gasteiger partial charge in [-0.05, 0) is 66.7 Å². The Morgan fingerprint density at radius 2 is 0.829 bits per heavy atom. The molecule has 15 rings (SSSR count). The molecular weight excluding hydrogens is 893 g/mol. The molecule has 0 saturated heterocycles. The predicted molar refractivity (Wildman–Crippen MR) is 294 cm³/mol. The third-order valence-electron chi connectivity index (χ3n) is 13.8. The van der Waals surface area contributed by atoms with Gasteiger partial charge in [0.25, 0.3) is 0 Å². The maximum absolute atomic E-state index is 5.26. The molecule has 0 aliphatic heterocycles. The van der Waals surface area contributed by atoms with Crippen molar-refractivity contribution >= 4 is 107 Å². The van der Waals surface area contributed by atoms with Gasteiger partial charge in [0.15, 0.2) is 17.5 Å². The number of nitrogens with zero attached hydrogens (tertiary/aromatic N) is 6. The Balaban J connectivity index is 1.00. The third kappa shape index (κ3) is 5.91. The molecular formula is C62H36N6S2. The van der Waals surface area contributed by atoms with E-state index in [1.54, 1.807) is 0 Å². The van der Waals surface area contributed by atoms with Crippen molar-refractivity contribution in [2.24, 2.45) is 0 Å². The second-order valence-corrected chi connectivity index (χ2v) is 19.8. The second kappa shape index (κ2) is 15.3. The molecule has 326 valence electrons. The lowest BCUT2D eigenvalue weighted by molar-refractivity contribution is 1.07. The van der Waals surface area contributed by atoms with Gasteiger partial charge in [-0.1, -0.05) is 146 Å². The van der Waals surface area contributed by atoms with Crippen molar-refractivity contribution in [3.05, 3.63) is 219 Å². The van der Waals surface area contributed by atoms with E-state index in [-0.39, 0.29) is 0 Å². The van der Waals surface area contributed by atoms with Crippen LogP contribution in [0.5, 0.6) is 0 Å². The molecule has 0 aliphatic carbocycles. The molecule has 9 aromatic carbocycles. The highest BCUT2D eigenvalue weighted by Gasteiger charge is 2.23. The van der Waals surface area contributed by atoms with Gasteiger partial charge in [-0.15, -0.1) is 22.7 Å². The maximum Gasteiger partial charge on any atom is 0.164 e. The molecule has 0 fully saturated rings. The predicted octanol–water partition coefficient (Wildman–Crippen LogP) is 16.9. The van der Waals surface area contributed by atoms with Crippen molar-refractivity contribution in [3.8, 4) is 56.8 Å². The van der Waals surface area contributed by atoms with Crippen LogP contribution in [0, 0.1) is 0 Å². The standard InChI is InChI=1S/C62H36N6S2/c1-3-15-37(16-4-1)60-64-61(38-17-5-2-6-18-38)66-62(65-60)39-27-30-51(68-50-24-12-8-22-46(50)57-53(68)32-29-44-42-20-10-14-26-55(42)70-59(44)57)47(35-39)48-36-40(33-34-63-48)67-49-23-11-7-21-45(49)56-52(67)31-28-43-41-19-9-13-25-54(41)69-58(43)56/h1-36H. The molecule has 0 amide bonds. The quantitative estimate of drug-likeness (QED) is 0.167. The lowest BCUT2D eigenvalue weighted by Gasteiger charge is -2.17. The van der Waals surface area contributed by atoms with E-state index in [4.69, 9.17) is 19.9 Å². The molecule has 0 aliphatic rings. The van der Waals surface area contributed by atoms with Crippen molar-refractivity contribution < 1.29 is 0 Å². The molecule has 0 spiro atoms. The van der Waals surface area contributed by atoms with Crippen LogP contribution >= 0.6 is 22.7 Å². The molecule has 0 unspecified atom stereocenters. The summed E-state index contributed by atoms with van der Waals surface area (Å²) in [5.74, 6) is 1.81. The first-order valence-electron chi connectivity index (χ1n) is 23.4. The van der Waals surface area contributed by atoms with Crippen LogP contribution in [-0.2, 0) is 0 Å². The summed E-state index contributed by atoms with van der Waals surface area (Å²) in [6.07, 6.45) is 1.95. The van der Waals surface area contributed by atoms with Crippen LogP contribution in [0.4, 0.5) is 0 Å². The van der Waals surface area contributed by atoms with Gasteiger partial charge in [0, 0.05) is 96.0 Å². The minimum absolute atomic E-state index is 0.584. The Labute approximate surface area is 408 Å². The summed E-state index contributed by atoms with van der Waals surface area (Å²) in [5, 5.41) is 10.1. The van der Waals surface area contributed by atoms with Crippen molar-refractivity contribution in [1.82, 2.24) is 29.1 Å². The molecule has 0 saturated carbocycles. The number of thiophene rings is 2. The lowest BCUT2D eigenvalue weighted by Crippen LogP contribution is -2.03. The molecule has 0 bridgehead atoms. The minimum Gasteiger partial charge on any atom is -0.309 e. The molecule has 0 radical (unpaired) electrons. The van der Waals surface area contributed by atoms with Gasteiger partial charge in [-0.2, -0.15) is 0 Å². The summed E-state index contributed by atoms with van der Waals surface area (Å²) in [6.45, 7) is 0. The van der Waals surface area contributed by atoms with Crippen LogP contribution < -0.4 is 0 Å². The number of rotatable bonds is 6. The van der Waals surface area contributed by atoms with Crippen LogP contribution in [0.3, 0.4) is 0 Å². The number of benzene rings is 9. The number of aromatic nitrogens is 6. The Morgan fingerprint density at radius 3 is 1.41 bits per heavy atom. The minimum atomic E-state index is 0.584. The SMILES string of the molecule is c1ccc(-c2nc(-c3ccccc3)nc(-c3ccc(-n4c5ccccc5c5c6sc7ccccc7c6ccc54)c(-c4cc(-n5c6ccccc6c6c7sc8ccccc8c7ccc65)ccn4)c3)n2)cc1. The van der Waals surface area contributed by atoms with Crippen LogP contribution in [0.25, 0.3) is 141 Å². The number of para-hydroxylation sites is 2. The Morgan fingerprint density at radius 1 is 0.343 bits per heavy atom. The summed E-state index contributed by atoms with van der Waals surface area (Å²) in [7, 11) is 0. The summed E-state index contributed by atoms with van der Waals surface area (Å²) in [6, 6.07) is 75.6. The van der Waals surface area contributed by atoms with Gasteiger partial charge in [-0.25, -0.2) is 15.0 Å². The third-order valence-corrected chi connectivity index (χ3v) is 16.2. The Kier molecular flexibility index (Phi) is 8.60. The molecule has 70 heavy (non-hydrogen) atoms. The Hall–Kier alpha value is -8.82. The average molecular weight is 929 g/mol. The first kappa shape index (κ1) is 39.2. The van der Waals surface area contributed by atoms with Crippen LogP contribution in [-0.4, -0.2) is 29.1 Å². The van der Waals surface area contributed by atoms with E-state index in [1.807, 2.05) is 89.5 Å². The highest BCUT2D eigenvalue weighted by atomic mass is 32.1. The highest BCUT2D eigenvalue weighted by molar-refractivity contribution is 7.27. The van der Waals surface area contributed by atoms with Crippen LogP contribution in [0.15, 0.2) is 219 Å². The highest BCUT2D eigenvalue weighted by Crippen LogP contribution is 2.46. The number of hydrogen-bond donors (Lipinski definition) is 0. The first-order valence-corrected chi connectivity index (χ1v) is 25.0. The summed E-state index contributed by atoms with van der Waals surface area (Å²) in [5.41, 5.74) is 11.1. The first-order chi connectivity index (χ1) is 34.7. The zero-order valence-electron chi connectivity index (χ0n) is 37.3. The smallest absolute Gasteiger partial charge is 0.164 e. The summed E-state index contributed by atoms with van der Waals surface area (Å²) >= 11 is 3.74. The fraction of sp³-hybridized carbons (Fsp3) is 0. The zero-order valence-corrected chi connectivity index (χ0v) is 38.9. The number of pyridine rings is 1. The van der Waals surface area contributed by atoms with Crippen molar-refractivity contribution in [2.75, 3.05) is 0 Å². The average Bonchev–Trinajstić information content (AvgIpc) is 4.19. The van der Waals surface area contributed by atoms with Gasteiger partial charge in [0.2, 0.25) is 0 Å². The zero-order chi connectivity index (χ0) is 45.9. The lowest BCUT2D eigenvalue weighted by atomic mass is 10.0. The van der Waals surface area contributed by atoms with Crippen LogP contribution in [0.2, 0.25) is 0 Å². The fourth-order valence-corrected chi connectivity index (χ4v) is 13.2. The molecule has 8 heteroatoms. The van der Waals surface area contributed by atoms with Crippen molar-refractivity contribution in [2.45, 2.75) is 0 Å². The summed E-state index contributed by atoms with van der Waals surface area (Å²) in [4.78, 5) is 20.7. The fourth-order valence-electron chi connectivity index (χ4n) is 10.7. The number of hydrogen-bond acceptors (Lipinski definition) is 6. The molecule has 15 aromatic rings. The molecule has 6 aromatic heterocycles. The maximum atomic E-state index is 5.26. The second-order valence-electron chi connectivity index (χ2n) is 17.7. The van der Waals surface area contributed by atoms with E-state index in [1.165, 1.54) is 61.9 Å². The van der Waals surface area contributed by atoms with Gasteiger partial charge in [-0.3, -0.25) is 4.98 Å². The van der Waals surface area contributed by atoms with E-state index < -0.39 is 0 Å². The largest absolute Gasteiger partial charge is 0.309 e. The number of fused-ring (bicyclic) bond motifs is 14. The molecule has 6 nitrogen and oxygen atoms in total. The van der Waals surface area contributed by atoms with Gasteiger partial charge < -0.3 is 9.13 Å². The normalized spacial score (nSPS) is 12.0. The van der Waals surface area contributed by atoms with E-state index in [0.717, 1.165) is 61.4 Å². The monoisotopic (exact) mass is 928 g/mol. The van der Waals surface area contributed by atoms with E-state index in [9.17, 15) is 0 Å². The van der Waals surface area contributed by atoms with Crippen LogP contribution in [0.1, 0.15) is 0 Å².